The second kappa shape index (κ2) is 4.68. The van der Waals surface area contributed by atoms with Gasteiger partial charge in [-0.05, 0) is 42.9 Å². The van der Waals surface area contributed by atoms with Crippen molar-refractivity contribution in [3.8, 4) is 0 Å². The quantitative estimate of drug-likeness (QED) is 0.920. The predicted molar refractivity (Wildman–Crippen MR) is 73.2 cm³/mol. The fourth-order valence-corrected chi connectivity index (χ4v) is 3.10. The molecule has 0 spiro atoms. The summed E-state index contributed by atoms with van der Waals surface area (Å²) in [6, 6.07) is 5.12. The SMILES string of the molecule is CC1CCC(Cn2cnc3ccc(C(=O)O)cc32)C1. The second-order valence-electron chi connectivity index (χ2n) is 5.69. The minimum atomic E-state index is -0.885. The number of benzene rings is 1. The highest BCUT2D eigenvalue weighted by molar-refractivity contribution is 5.92. The molecule has 1 fully saturated rings. The average Bonchev–Trinajstić information content (AvgIpc) is 2.96. The van der Waals surface area contributed by atoms with E-state index in [0.29, 0.717) is 11.5 Å². The first-order valence-corrected chi connectivity index (χ1v) is 6.81. The van der Waals surface area contributed by atoms with Gasteiger partial charge in [-0.25, -0.2) is 9.78 Å². The molecule has 19 heavy (non-hydrogen) atoms. The minimum absolute atomic E-state index is 0.328. The maximum atomic E-state index is 11.0. The number of carbonyl (C=O) groups is 1. The maximum absolute atomic E-state index is 11.0. The Morgan fingerprint density at radius 3 is 3.00 bits per heavy atom. The normalized spacial score (nSPS) is 23.0. The van der Waals surface area contributed by atoms with Crippen molar-refractivity contribution in [2.45, 2.75) is 32.7 Å². The van der Waals surface area contributed by atoms with Crippen LogP contribution in [0, 0.1) is 11.8 Å². The molecule has 1 saturated carbocycles. The summed E-state index contributed by atoms with van der Waals surface area (Å²) in [5.41, 5.74) is 2.13. The zero-order valence-electron chi connectivity index (χ0n) is 11.0. The van der Waals surface area contributed by atoms with E-state index in [1.165, 1.54) is 19.3 Å². The third kappa shape index (κ3) is 2.35. The lowest BCUT2D eigenvalue weighted by molar-refractivity contribution is 0.0697. The molecule has 3 rings (SSSR count). The Hall–Kier alpha value is -1.84. The van der Waals surface area contributed by atoms with E-state index in [0.717, 1.165) is 23.5 Å². The molecular weight excluding hydrogens is 240 g/mol. The second-order valence-corrected chi connectivity index (χ2v) is 5.69. The van der Waals surface area contributed by atoms with Crippen LogP contribution in [0.15, 0.2) is 24.5 Å². The van der Waals surface area contributed by atoms with Crippen molar-refractivity contribution in [1.29, 1.82) is 0 Å². The van der Waals surface area contributed by atoms with Crippen LogP contribution in [-0.4, -0.2) is 20.6 Å². The van der Waals surface area contributed by atoms with Crippen molar-refractivity contribution < 1.29 is 9.90 Å². The van der Waals surface area contributed by atoms with E-state index < -0.39 is 5.97 Å². The van der Waals surface area contributed by atoms with Gasteiger partial charge >= 0.3 is 5.97 Å². The molecule has 4 nitrogen and oxygen atoms in total. The molecule has 1 N–H and O–H groups in total. The summed E-state index contributed by atoms with van der Waals surface area (Å²) in [6.45, 7) is 3.25. The lowest BCUT2D eigenvalue weighted by Gasteiger charge is -2.11. The minimum Gasteiger partial charge on any atom is -0.478 e. The van der Waals surface area contributed by atoms with E-state index in [1.807, 2.05) is 6.33 Å². The van der Waals surface area contributed by atoms with E-state index in [2.05, 4.69) is 16.5 Å². The Bertz CT molecular complexity index is 618. The Morgan fingerprint density at radius 1 is 1.47 bits per heavy atom. The Kier molecular flexibility index (Phi) is 3.01. The summed E-state index contributed by atoms with van der Waals surface area (Å²) in [4.78, 5) is 15.4. The number of aromatic nitrogens is 2. The lowest BCUT2D eigenvalue weighted by atomic mass is 10.1. The van der Waals surface area contributed by atoms with Crippen LogP contribution in [-0.2, 0) is 6.54 Å². The third-order valence-corrected chi connectivity index (χ3v) is 4.13. The van der Waals surface area contributed by atoms with Gasteiger partial charge in [-0.2, -0.15) is 0 Å². The van der Waals surface area contributed by atoms with E-state index in [-0.39, 0.29) is 0 Å². The van der Waals surface area contributed by atoms with Crippen LogP contribution in [0.25, 0.3) is 11.0 Å². The molecule has 2 atom stereocenters. The van der Waals surface area contributed by atoms with Crippen molar-refractivity contribution in [2.75, 3.05) is 0 Å². The summed E-state index contributed by atoms with van der Waals surface area (Å²) in [7, 11) is 0. The van der Waals surface area contributed by atoms with Crippen LogP contribution >= 0.6 is 0 Å². The molecule has 0 radical (unpaired) electrons. The monoisotopic (exact) mass is 258 g/mol. The lowest BCUT2D eigenvalue weighted by Crippen LogP contribution is -2.07. The van der Waals surface area contributed by atoms with Gasteiger partial charge in [0.05, 0.1) is 22.9 Å². The largest absolute Gasteiger partial charge is 0.478 e. The van der Waals surface area contributed by atoms with Crippen LogP contribution in [0.5, 0.6) is 0 Å². The number of imidazole rings is 1. The molecular formula is C15H18N2O2. The van der Waals surface area contributed by atoms with Gasteiger partial charge in [0.15, 0.2) is 0 Å². The molecule has 1 heterocycles. The van der Waals surface area contributed by atoms with E-state index in [9.17, 15) is 4.79 Å². The molecule has 0 saturated heterocycles. The van der Waals surface area contributed by atoms with Gasteiger partial charge in [-0.3, -0.25) is 0 Å². The summed E-state index contributed by atoms with van der Waals surface area (Å²) >= 11 is 0. The molecule has 1 aliphatic rings. The highest BCUT2D eigenvalue weighted by Gasteiger charge is 2.22. The number of hydrogen-bond donors (Lipinski definition) is 1. The summed E-state index contributed by atoms with van der Waals surface area (Å²) in [6.07, 6.45) is 5.66. The van der Waals surface area contributed by atoms with Crippen molar-refractivity contribution in [3.05, 3.63) is 30.1 Å². The van der Waals surface area contributed by atoms with Crippen LogP contribution < -0.4 is 0 Å². The Balaban J connectivity index is 1.90. The first kappa shape index (κ1) is 12.2. The van der Waals surface area contributed by atoms with Crippen molar-refractivity contribution >= 4 is 17.0 Å². The van der Waals surface area contributed by atoms with E-state index in [1.54, 1.807) is 18.2 Å². The van der Waals surface area contributed by atoms with Crippen LogP contribution in [0.4, 0.5) is 0 Å². The first-order valence-electron chi connectivity index (χ1n) is 6.81. The number of hydrogen-bond acceptors (Lipinski definition) is 2. The molecule has 0 aliphatic heterocycles. The van der Waals surface area contributed by atoms with Crippen LogP contribution in [0.3, 0.4) is 0 Å². The first-order chi connectivity index (χ1) is 9.13. The average molecular weight is 258 g/mol. The fourth-order valence-electron chi connectivity index (χ4n) is 3.10. The van der Waals surface area contributed by atoms with Crippen LogP contribution in [0.1, 0.15) is 36.5 Å². The maximum Gasteiger partial charge on any atom is 0.335 e. The zero-order chi connectivity index (χ0) is 13.4. The molecule has 2 aromatic rings. The Labute approximate surface area is 112 Å². The van der Waals surface area contributed by atoms with Gasteiger partial charge in [-0.1, -0.05) is 13.3 Å². The molecule has 100 valence electrons. The van der Waals surface area contributed by atoms with Gasteiger partial charge in [0, 0.05) is 6.54 Å². The molecule has 1 aromatic heterocycles. The van der Waals surface area contributed by atoms with E-state index in [4.69, 9.17) is 5.11 Å². The fraction of sp³-hybridized carbons (Fsp3) is 0.467. The number of nitrogens with zero attached hydrogens (tertiary/aromatic N) is 2. The Morgan fingerprint density at radius 2 is 2.32 bits per heavy atom. The molecule has 2 unspecified atom stereocenters. The molecule has 1 aromatic carbocycles. The van der Waals surface area contributed by atoms with E-state index >= 15 is 0 Å². The van der Waals surface area contributed by atoms with Gasteiger partial charge in [0.25, 0.3) is 0 Å². The zero-order valence-corrected chi connectivity index (χ0v) is 11.0. The van der Waals surface area contributed by atoms with Crippen molar-refractivity contribution in [2.24, 2.45) is 11.8 Å². The predicted octanol–water partition coefficient (Wildman–Crippen LogP) is 3.17. The molecule has 0 amide bonds. The molecule has 1 aliphatic carbocycles. The van der Waals surface area contributed by atoms with Crippen molar-refractivity contribution in [3.63, 3.8) is 0 Å². The van der Waals surface area contributed by atoms with Crippen LogP contribution in [0.2, 0.25) is 0 Å². The number of carboxylic acid groups (broad SMARTS) is 1. The van der Waals surface area contributed by atoms with Crippen molar-refractivity contribution in [1.82, 2.24) is 9.55 Å². The standard InChI is InChI=1S/C15H18N2O2/c1-10-2-3-11(6-10)8-17-9-16-13-5-4-12(15(18)19)7-14(13)17/h4-5,7,9-11H,2-3,6,8H2,1H3,(H,18,19). The number of fused-ring (bicyclic) bond motifs is 1. The number of carboxylic acids is 1. The van der Waals surface area contributed by atoms with Gasteiger partial charge in [0.2, 0.25) is 0 Å². The summed E-state index contributed by atoms with van der Waals surface area (Å²) in [5, 5.41) is 9.06. The summed E-state index contributed by atoms with van der Waals surface area (Å²) < 4.78 is 2.10. The molecule has 4 heteroatoms. The molecule has 0 bridgehead atoms. The van der Waals surface area contributed by atoms with Gasteiger partial charge in [-0.15, -0.1) is 0 Å². The number of aromatic carboxylic acids is 1. The number of rotatable bonds is 3. The smallest absolute Gasteiger partial charge is 0.335 e. The van der Waals surface area contributed by atoms with Gasteiger partial charge < -0.3 is 9.67 Å². The topological polar surface area (TPSA) is 55.1 Å². The highest BCUT2D eigenvalue weighted by Crippen LogP contribution is 2.32. The van der Waals surface area contributed by atoms with Gasteiger partial charge in [0.1, 0.15) is 0 Å². The summed E-state index contributed by atoms with van der Waals surface area (Å²) in [5.74, 6) is 0.624. The third-order valence-electron chi connectivity index (χ3n) is 4.13. The highest BCUT2D eigenvalue weighted by atomic mass is 16.4.